The molecule has 186 valence electrons. The topological polar surface area (TPSA) is 176 Å². The van der Waals surface area contributed by atoms with Crippen LogP contribution in [0.3, 0.4) is 0 Å². The second-order valence-corrected chi connectivity index (χ2v) is 8.52. The molecule has 4 rings (SSSR count). The van der Waals surface area contributed by atoms with E-state index in [-0.39, 0.29) is 28.6 Å². The fraction of sp³-hybridized carbons (Fsp3) is 0.0435. The summed E-state index contributed by atoms with van der Waals surface area (Å²) in [6, 6.07) is 14.6. The van der Waals surface area contributed by atoms with E-state index in [0.29, 0.717) is 11.1 Å². The standard InChI is InChI=1S/C23H14N4O9S/c28-22-21(37-23(29)24(22)13-15-1-5-16(6-2-15)25(30)31)11-14-3-8-18(9-4-14)36-20-10-7-17(26(32)33)12-19(20)27(34)35/h1-12H,13H2/b21-11-. The highest BCUT2D eigenvalue weighted by atomic mass is 32.2. The molecule has 1 heterocycles. The van der Waals surface area contributed by atoms with Crippen molar-refractivity contribution in [1.82, 2.24) is 4.90 Å². The summed E-state index contributed by atoms with van der Waals surface area (Å²) in [6.07, 6.45) is 1.50. The zero-order chi connectivity index (χ0) is 26.7. The van der Waals surface area contributed by atoms with Crippen molar-refractivity contribution in [3.8, 4) is 11.5 Å². The van der Waals surface area contributed by atoms with Gasteiger partial charge in [-0.15, -0.1) is 0 Å². The Bertz CT molecular complexity index is 1470. The fourth-order valence-corrected chi connectivity index (χ4v) is 4.14. The molecule has 0 aliphatic carbocycles. The van der Waals surface area contributed by atoms with Crippen molar-refractivity contribution in [1.29, 1.82) is 0 Å². The highest BCUT2D eigenvalue weighted by molar-refractivity contribution is 8.18. The number of nitro benzene ring substituents is 3. The van der Waals surface area contributed by atoms with Gasteiger partial charge >= 0.3 is 5.69 Å². The van der Waals surface area contributed by atoms with Crippen molar-refractivity contribution in [2.24, 2.45) is 0 Å². The van der Waals surface area contributed by atoms with E-state index in [1.54, 1.807) is 12.1 Å². The van der Waals surface area contributed by atoms with Crippen LogP contribution >= 0.6 is 11.8 Å². The smallest absolute Gasteiger partial charge is 0.318 e. The van der Waals surface area contributed by atoms with Crippen LogP contribution in [0.2, 0.25) is 0 Å². The number of thioether (sulfide) groups is 1. The predicted molar refractivity (Wildman–Crippen MR) is 131 cm³/mol. The van der Waals surface area contributed by atoms with Gasteiger partial charge in [0.15, 0.2) is 0 Å². The largest absolute Gasteiger partial charge is 0.450 e. The maximum atomic E-state index is 12.8. The van der Waals surface area contributed by atoms with Crippen molar-refractivity contribution < 1.29 is 29.1 Å². The van der Waals surface area contributed by atoms with Gasteiger partial charge in [0, 0.05) is 18.2 Å². The molecular formula is C23H14N4O9S. The summed E-state index contributed by atoms with van der Waals surface area (Å²) in [4.78, 5) is 57.2. The second-order valence-electron chi connectivity index (χ2n) is 7.53. The van der Waals surface area contributed by atoms with Crippen LogP contribution in [0.15, 0.2) is 71.6 Å². The minimum atomic E-state index is -0.788. The normalized spacial score (nSPS) is 14.2. The summed E-state index contributed by atoms with van der Waals surface area (Å²) in [5.41, 5.74) is -0.0207. The number of imide groups is 1. The summed E-state index contributed by atoms with van der Waals surface area (Å²) >= 11 is 0.749. The highest BCUT2D eigenvalue weighted by Gasteiger charge is 2.35. The van der Waals surface area contributed by atoms with Gasteiger partial charge in [-0.2, -0.15) is 0 Å². The maximum absolute atomic E-state index is 12.8. The van der Waals surface area contributed by atoms with Crippen molar-refractivity contribution in [2.45, 2.75) is 6.54 Å². The van der Waals surface area contributed by atoms with E-state index in [0.717, 1.165) is 34.9 Å². The highest BCUT2D eigenvalue weighted by Crippen LogP contribution is 2.36. The maximum Gasteiger partial charge on any atom is 0.318 e. The van der Waals surface area contributed by atoms with E-state index >= 15 is 0 Å². The van der Waals surface area contributed by atoms with E-state index in [1.807, 2.05) is 0 Å². The molecule has 1 saturated heterocycles. The molecule has 0 spiro atoms. The molecule has 1 aliphatic rings. The number of amides is 2. The Morgan fingerprint density at radius 1 is 0.811 bits per heavy atom. The molecule has 0 bridgehead atoms. The van der Waals surface area contributed by atoms with Crippen LogP contribution in [0.1, 0.15) is 11.1 Å². The first-order valence-electron chi connectivity index (χ1n) is 10.3. The number of nitro groups is 3. The number of non-ortho nitro benzene ring substituents is 2. The Morgan fingerprint density at radius 3 is 2.03 bits per heavy atom. The number of carbonyl (C=O) groups is 2. The monoisotopic (exact) mass is 522 g/mol. The van der Waals surface area contributed by atoms with Crippen LogP contribution in [0.4, 0.5) is 21.9 Å². The SMILES string of the molecule is O=C1S/C(=C\c2ccc(Oc3ccc([N+](=O)[O-])cc3[N+](=O)[O-])cc2)C(=O)N1Cc1ccc([N+](=O)[O-])cc1. The van der Waals surface area contributed by atoms with E-state index < -0.39 is 37.3 Å². The van der Waals surface area contributed by atoms with Gasteiger partial charge in [0.2, 0.25) is 5.75 Å². The van der Waals surface area contributed by atoms with Crippen molar-refractivity contribution in [3.05, 3.63) is 113 Å². The average Bonchev–Trinajstić information content (AvgIpc) is 3.12. The Labute approximate surface area is 211 Å². The molecule has 0 aromatic heterocycles. The summed E-state index contributed by atoms with van der Waals surface area (Å²) < 4.78 is 5.51. The minimum Gasteiger partial charge on any atom is -0.450 e. The third-order valence-corrected chi connectivity index (χ3v) is 6.02. The van der Waals surface area contributed by atoms with Gasteiger partial charge < -0.3 is 4.74 Å². The van der Waals surface area contributed by atoms with Gasteiger partial charge in [0.1, 0.15) is 5.75 Å². The lowest BCUT2D eigenvalue weighted by Gasteiger charge is -2.12. The van der Waals surface area contributed by atoms with Crippen molar-refractivity contribution in [3.63, 3.8) is 0 Å². The van der Waals surface area contributed by atoms with Crippen molar-refractivity contribution >= 4 is 46.0 Å². The third-order valence-electron chi connectivity index (χ3n) is 5.12. The van der Waals surface area contributed by atoms with E-state index in [2.05, 4.69) is 0 Å². The van der Waals surface area contributed by atoms with Crippen LogP contribution in [0, 0.1) is 30.3 Å². The lowest BCUT2D eigenvalue weighted by Crippen LogP contribution is -2.27. The van der Waals surface area contributed by atoms with E-state index in [9.17, 15) is 39.9 Å². The van der Waals surface area contributed by atoms with Crippen LogP contribution in [0.5, 0.6) is 11.5 Å². The Morgan fingerprint density at radius 2 is 1.43 bits per heavy atom. The van der Waals surface area contributed by atoms with E-state index in [1.165, 1.54) is 42.5 Å². The molecule has 0 saturated carbocycles. The first-order valence-corrected chi connectivity index (χ1v) is 11.1. The van der Waals surface area contributed by atoms with Gasteiger partial charge in [-0.25, -0.2) is 0 Å². The lowest BCUT2D eigenvalue weighted by molar-refractivity contribution is -0.394. The number of rotatable bonds is 8. The molecule has 0 radical (unpaired) electrons. The quantitative estimate of drug-likeness (QED) is 0.210. The predicted octanol–water partition coefficient (Wildman–Crippen LogP) is 5.44. The summed E-state index contributed by atoms with van der Waals surface area (Å²) in [5.74, 6) is -0.494. The Kier molecular flexibility index (Phi) is 6.92. The van der Waals surface area contributed by atoms with Gasteiger partial charge in [-0.05, 0) is 47.2 Å². The molecule has 0 unspecified atom stereocenters. The zero-order valence-electron chi connectivity index (χ0n) is 18.5. The summed E-state index contributed by atoms with van der Waals surface area (Å²) in [7, 11) is 0. The second kappa shape index (κ2) is 10.2. The third kappa shape index (κ3) is 5.59. The van der Waals surface area contributed by atoms with Crippen LogP contribution < -0.4 is 4.74 Å². The molecule has 37 heavy (non-hydrogen) atoms. The molecule has 0 atom stereocenters. The zero-order valence-corrected chi connectivity index (χ0v) is 19.3. The molecule has 0 N–H and O–H groups in total. The minimum absolute atomic E-state index is 0.0409. The molecule has 13 nitrogen and oxygen atoms in total. The number of hydrogen-bond donors (Lipinski definition) is 0. The Hall–Kier alpha value is -5.11. The van der Waals surface area contributed by atoms with Crippen LogP contribution in [-0.2, 0) is 11.3 Å². The summed E-state index contributed by atoms with van der Waals surface area (Å²) in [5, 5.41) is 32.5. The van der Waals surface area contributed by atoms with Gasteiger partial charge in [-0.3, -0.25) is 44.8 Å². The lowest BCUT2D eigenvalue weighted by atomic mass is 10.2. The van der Waals surface area contributed by atoms with Gasteiger partial charge in [0.25, 0.3) is 22.5 Å². The van der Waals surface area contributed by atoms with Crippen LogP contribution in [-0.4, -0.2) is 30.8 Å². The molecular weight excluding hydrogens is 508 g/mol. The number of benzene rings is 3. The Balaban J connectivity index is 1.47. The number of ether oxygens (including phenoxy) is 1. The van der Waals surface area contributed by atoms with E-state index in [4.69, 9.17) is 4.74 Å². The van der Waals surface area contributed by atoms with Crippen LogP contribution in [0.25, 0.3) is 6.08 Å². The van der Waals surface area contributed by atoms with Gasteiger partial charge in [0.05, 0.1) is 32.3 Å². The first kappa shape index (κ1) is 25.0. The average molecular weight is 522 g/mol. The first-order chi connectivity index (χ1) is 17.6. The van der Waals surface area contributed by atoms with Gasteiger partial charge in [-0.1, -0.05) is 24.3 Å². The molecule has 14 heteroatoms. The number of nitrogens with zero attached hydrogens (tertiary/aromatic N) is 4. The number of carbonyl (C=O) groups excluding carboxylic acids is 2. The molecule has 1 fully saturated rings. The number of hydrogen-bond acceptors (Lipinski definition) is 10. The molecule has 2 amide bonds. The fourth-order valence-electron chi connectivity index (χ4n) is 3.30. The van der Waals surface area contributed by atoms with Crippen molar-refractivity contribution in [2.75, 3.05) is 0 Å². The molecule has 3 aromatic rings. The molecule has 1 aliphatic heterocycles. The summed E-state index contributed by atoms with van der Waals surface area (Å²) in [6.45, 7) is -0.0409. The molecule has 3 aromatic carbocycles.